The number of carbonyl (C=O) groups excluding carboxylic acids is 1. The second kappa shape index (κ2) is 4.18. The normalized spacial score (nSPS) is 14.5. The number of aromatic nitrogens is 2. The summed E-state index contributed by atoms with van der Waals surface area (Å²) in [6.45, 7) is 1.66. The van der Waals surface area contributed by atoms with E-state index in [1.165, 1.54) is 7.11 Å². The fourth-order valence-corrected chi connectivity index (χ4v) is 1.87. The zero-order valence-electron chi connectivity index (χ0n) is 9.86. The van der Waals surface area contributed by atoms with Gasteiger partial charge in [-0.05, 0) is 18.6 Å². The molecule has 2 aromatic rings. The van der Waals surface area contributed by atoms with E-state index in [0.717, 1.165) is 16.5 Å². The number of nitrogens with zero attached hydrogens (tertiary/aromatic N) is 1. The van der Waals surface area contributed by atoms with E-state index in [-0.39, 0.29) is 0 Å². The number of methoxy groups -OCH3 is 1. The van der Waals surface area contributed by atoms with E-state index < -0.39 is 11.5 Å². The van der Waals surface area contributed by atoms with Crippen LogP contribution in [0, 0.1) is 0 Å². The number of aromatic amines is 1. The van der Waals surface area contributed by atoms with Gasteiger partial charge in [0.25, 0.3) is 0 Å². The van der Waals surface area contributed by atoms with Crippen molar-refractivity contribution in [1.29, 1.82) is 0 Å². The summed E-state index contributed by atoms with van der Waals surface area (Å²) in [5, 5.41) is 0.980. The molecule has 5 nitrogen and oxygen atoms in total. The van der Waals surface area contributed by atoms with Gasteiger partial charge in [0.1, 0.15) is 5.54 Å². The van der Waals surface area contributed by atoms with Gasteiger partial charge in [-0.1, -0.05) is 0 Å². The second-order valence-corrected chi connectivity index (χ2v) is 4.32. The first-order valence-corrected chi connectivity index (χ1v) is 5.32. The fourth-order valence-electron chi connectivity index (χ4n) is 1.87. The molecule has 0 aliphatic heterocycles. The zero-order chi connectivity index (χ0) is 12.5. The van der Waals surface area contributed by atoms with Gasteiger partial charge in [0, 0.05) is 35.9 Å². The highest BCUT2D eigenvalue weighted by molar-refractivity contribution is 5.85. The smallest absolute Gasteiger partial charge is 0.325 e. The summed E-state index contributed by atoms with van der Waals surface area (Å²) >= 11 is 0. The average molecular weight is 233 g/mol. The molecule has 0 spiro atoms. The van der Waals surface area contributed by atoms with Crippen LogP contribution in [0.3, 0.4) is 0 Å². The summed E-state index contributed by atoms with van der Waals surface area (Å²) in [6.07, 6.45) is 5.73. The molecule has 1 unspecified atom stereocenters. The highest BCUT2D eigenvalue weighted by atomic mass is 16.5. The Bertz CT molecular complexity index is 545. The molecule has 0 bridgehead atoms. The third-order valence-electron chi connectivity index (χ3n) is 2.78. The van der Waals surface area contributed by atoms with Crippen molar-refractivity contribution in [1.82, 2.24) is 9.97 Å². The maximum atomic E-state index is 11.5. The first kappa shape index (κ1) is 11.6. The van der Waals surface area contributed by atoms with Crippen LogP contribution in [-0.4, -0.2) is 28.6 Å². The van der Waals surface area contributed by atoms with Crippen LogP contribution in [0.2, 0.25) is 0 Å². The van der Waals surface area contributed by atoms with Gasteiger partial charge in [-0.25, -0.2) is 0 Å². The maximum absolute atomic E-state index is 11.5. The molecule has 0 aliphatic carbocycles. The SMILES string of the molecule is COC(=O)C(C)(N)Cc1c[nH]c2ccncc12. The van der Waals surface area contributed by atoms with Crippen molar-refractivity contribution < 1.29 is 9.53 Å². The van der Waals surface area contributed by atoms with Gasteiger partial charge >= 0.3 is 5.97 Å². The first-order chi connectivity index (χ1) is 8.04. The van der Waals surface area contributed by atoms with Crippen LogP contribution in [-0.2, 0) is 16.0 Å². The molecule has 90 valence electrons. The van der Waals surface area contributed by atoms with Crippen molar-refractivity contribution in [3.05, 3.63) is 30.2 Å². The van der Waals surface area contributed by atoms with Crippen LogP contribution in [0.4, 0.5) is 0 Å². The molecule has 0 saturated carbocycles. The summed E-state index contributed by atoms with van der Waals surface area (Å²) < 4.78 is 4.69. The topological polar surface area (TPSA) is 81.0 Å². The van der Waals surface area contributed by atoms with E-state index in [1.807, 2.05) is 12.3 Å². The van der Waals surface area contributed by atoms with Crippen molar-refractivity contribution in [2.75, 3.05) is 7.11 Å². The minimum atomic E-state index is -1.03. The number of esters is 1. The van der Waals surface area contributed by atoms with Gasteiger partial charge in [-0.3, -0.25) is 9.78 Å². The number of fused-ring (bicyclic) bond motifs is 1. The third-order valence-corrected chi connectivity index (χ3v) is 2.78. The lowest BCUT2D eigenvalue weighted by molar-refractivity contribution is -0.146. The van der Waals surface area contributed by atoms with Gasteiger partial charge in [-0.2, -0.15) is 0 Å². The van der Waals surface area contributed by atoms with Gasteiger partial charge in [-0.15, -0.1) is 0 Å². The third kappa shape index (κ3) is 2.14. The molecule has 3 N–H and O–H groups in total. The monoisotopic (exact) mass is 233 g/mol. The first-order valence-electron chi connectivity index (χ1n) is 5.32. The lowest BCUT2D eigenvalue weighted by atomic mass is 9.94. The van der Waals surface area contributed by atoms with Crippen LogP contribution in [0.25, 0.3) is 10.9 Å². The Labute approximate surface area is 99.0 Å². The van der Waals surface area contributed by atoms with E-state index in [2.05, 4.69) is 14.7 Å². The lowest BCUT2D eigenvalue weighted by Gasteiger charge is -2.20. The summed E-state index contributed by atoms with van der Waals surface area (Å²) in [7, 11) is 1.34. The summed E-state index contributed by atoms with van der Waals surface area (Å²) in [5.41, 5.74) is 6.86. The lowest BCUT2D eigenvalue weighted by Crippen LogP contribution is -2.47. The number of nitrogens with one attached hydrogen (secondary N) is 1. The van der Waals surface area contributed by atoms with Gasteiger partial charge in [0.05, 0.1) is 7.11 Å². The predicted molar refractivity (Wildman–Crippen MR) is 64.4 cm³/mol. The van der Waals surface area contributed by atoms with Crippen LogP contribution in [0.5, 0.6) is 0 Å². The van der Waals surface area contributed by atoms with E-state index >= 15 is 0 Å². The number of hydrogen-bond acceptors (Lipinski definition) is 4. The number of nitrogens with two attached hydrogens (primary N) is 1. The van der Waals surface area contributed by atoms with E-state index in [0.29, 0.717) is 6.42 Å². The van der Waals surface area contributed by atoms with Gasteiger partial charge in [0.15, 0.2) is 0 Å². The molecule has 0 fully saturated rings. The molecular weight excluding hydrogens is 218 g/mol. The fraction of sp³-hybridized carbons (Fsp3) is 0.333. The van der Waals surface area contributed by atoms with Crippen LogP contribution >= 0.6 is 0 Å². The van der Waals surface area contributed by atoms with Crippen molar-refractivity contribution >= 4 is 16.9 Å². The molecule has 0 saturated heterocycles. The van der Waals surface area contributed by atoms with Gasteiger partial charge in [0.2, 0.25) is 0 Å². The van der Waals surface area contributed by atoms with Crippen molar-refractivity contribution in [2.24, 2.45) is 5.73 Å². The number of ether oxygens (including phenoxy) is 1. The van der Waals surface area contributed by atoms with Crippen LogP contribution in [0.15, 0.2) is 24.7 Å². The van der Waals surface area contributed by atoms with Crippen molar-refractivity contribution in [2.45, 2.75) is 18.9 Å². The number of pyridine rings is 1. The Balaban J connectivity index is 2.33. The standard InChI is InChI=1S/C12H15N3O2/c1-12(13,11(16)17-2)5-8-6-15-10-3-4-14-7-9(8)10/h3-4,6-7,15H,5,13H2,1-2H3. The number of hydrogen-bond donors (Lipinski definition) is 2. The largest absolute Gasteiger partial charge is 0.468 e. The van der Waals surface area contributed by atoms with E-state index in [1.54, 1.807) is 19.3 Å². The molecular formula is C12H15N3O2. The molecule has 2 heterocycles. The van der Waals surface area contributed by atoms with Crippen LogP contribution in [0.1, 0.15) is 12.5 Å². The molecule has 17 heavy (non-hydrogen) atoms. The summed E-state index contributed by atoms with van der Waals surface area (Å²) in [6, 6.07) is 1.88. The van der Waals surface area contributed by atoms with Gasteiger partial charge < -0.3 is 15.5 Å². The Morgan fingerprint density at radius 1 is 1.65 bits per heavy atom. The predicted octanol–water partition coefficient (Wildman–Crippen LogP) is 0.996. The molecule has 0 aromatic carbocycles. The summed E-state index contributed by atoms with van der Waals surface area (Å²) in [4.78, 5) is 18.7. The molecule has 0 aliphatic rings. The quantitative estimate of drug-likeness (QED) is 0.775. The minimum Gasteiger partial charge on any atom is -0.468 e. The van der Waals surface area contributed by atoms with Crippen molar-refractivity contribution in [3.8, 4) is 0 Å². The highest BCUT2D eigenvalue weighted by Gasteiger charge is 2.30. The highest BCUT2D eigenvalue weighted by Crippen LogP contribution is 2.21. The van der Waals surface area contributed by atoms with Crippen molar-refractivity contribution in [3.63, 3.8) is 0 Å². The maximum Gasteiger partial charge on any atom is 0.325 e. The molecule has 1 atom stereocenters. The number of rotatable bonds is 3. The van der Waals surface area contributed by atoms with Crippen LogP contribution < -0.4 is 5.73 Å². The number of H-pyrrole nitrogens is 1. The Kier molecular flexibility index (Phi) is 2.85. The molecule has 2 rings (SSSR count). The molecule has 0 radical (unpaired) electrons. The van der Waals surface area contributed by atoms with E-state index in [9.17, 15) is 4.79 Å². The average Bonchev–Trinajstić information content (AvgIpc) is 2.71. The Morgan fingerprint density at radius 3 is 3.12 bits per heavy atom. The summed E-state index contributed by atoms with van der Waals surface area (Å²) in [5.74, 6) is -0.421. The second-order valence-electron chi connectivity index (χ2n) is 4.32. The Hall–Kier alpha value is -1.88. The number of carbonyl (C=O) groups is 1. The molecule has 0 amide bonds. The Morgan fingerprint density at radius 2 is 2.41 bits per heavy atom. The zero-order valence-corrected chi connectivity index (χ0v) is 9.86. The minimum absolute atomic E-state index is 0.408. The molecule has 5 heteroatoms. The molecule has 2 aromatic heterocycles. The van der Waals surface area contributed by atoms with E-state index in [4.69, 9.17) is 5.73 Å².